The zero-order chi connectivity index (χ0) is 29.1. The van der Waals surface area contributed by atoms with Crippen LogP contribution in [0.25, 0.3) is 10.9 Å². The zero-order valence-corrected chi connectivity index (χ0v) is 24.6. The van der Waals surface area contributed by atoms with E-state index in [0.717, 1.165) is 22.5 Å². The second-order valence-corrected chi connectivity index (χ2v) is 13.6. The molecule has 10 nitrogen and oxygen atoms in total. The first-order chi connectivity index (χ1) is 19.6. The Morgan fingerprint density at radius 3 is 2.46 bits per heavy atom. The minimum atomic E-state index is -3.92. The number of hydrogen-bond acceptors (Lipinski definition) is 7. The number of methoxy groups -OCH3 is 1. The molecule has 0 spiro atoms. The zero-order valence-electron chi connectivity index (χ0n) is 22.2. The second-order valence-electron chi connectivity index (χ2n) is 9.95. The van der Waals surface area contributed by atoms with Crippen molar-refractivity contribution in [2.24, 2.45) is 11.8 Å². The van der Waals surface area contributed by atoms with E-state index in [1.54, 1.807) is 10.7 Å². The fourth-order valence-corrected chi connectivity index (χ4v) is 7.62. The van der Waals surface area contributed by atoms with E-state index in [0.29, 0.717) is 59.8 Å². The third kappa shape index (κ3) is 6.50. The van der Waals surface area contributed by atoms with Crippen LogP contribution in [0.4, 0.5) is 5.82 Å². The van der Waals surface area contributed by atoms with Crippen molar-refractivity contribution in [1.29, 1.82) is 0 Å². The van der Waals surface area contributed by atoms with Gasteiger partial charge in [0.25, 0.3) is 10.0 Å². The number of anilines is 1. The smallest absolute Gasteiger partial charge is 0.306 e. The molecular weight excluding hydrogens is 588 g/mol. The van der Waals surface area contributed by atoms with Crippen LogP contribution in [0.3, 0.4) is 0 Å². The van der Waals surface area contributed by atoms with E-state index in [-0.39, 0.29) is 27.8 Å². The first-order valence-electron chi connectivity index (χ1n) is 13.0. The van der Waals surface area contributed by atoms with Crippen LogP contribution in [0.1, 0.15) is 36.8 Å². The molecule has 0 saturated heterocycles. The number of amides is 1. The van der Waals surface area contributed by atoms with E-state index in [2.05, 4.69) is 15.1 Å². The van der Waals surface area contributed by atoms with Crippen molar-refractivity contribution in [3.05, 3.63) is 70.1 Å². The standard InChI is InChI=1S/C28H29ClN4O6S2/c1-39-22-7-3-6-21-25(22)26(32-41(37,38)24-13-12-23(29)40-24)31-33(21)16-18-5-2-4-17(14-18)15-30-27(34)19-8-10-20(11-9-19)28(35)36/h2-7,12-14,19-20H,8-11,15-16H2,1H3,(H,30,34)(H,31,32)(H,35,36)/t19-,20-. The number of ether oxygens (including phenoxy) is 1. The average Bonchev–Trinajstić information content (AvgIpc) is 3.55. The van der Waals surface area contributed by atoms with Gasteiger partial charge >= 0.3 is 5.97 Å². The Labute approximate surface area is 246 Å². The molecular formula is C28H29ClN4O6S2. The fourth-order valence-electron chi connectivity index (χ4n) is 5.13. The highest BCUT2D eigenvalue weighted by molar-refractivity contribution is 7.94. The molecule has 4 aromatic rings. The number of nitrogens with one attached hydrogen (secondary N) is 2. The van der Waals surface area contributed by atoms with Crippen LogP contribution >= 0.6 is 22.9 Å². The van der Waals surface area contributed by atoms with Gasteiger partial charge in [-0.3, -0.25) is 19.0 Å². The van der Waals surface area contributed by atoms with Gasteiger partial charge in [0.05, 0.1) is 34.8 Å². The fraction of sp³-hybridized carbons (Fsp3) is 0.321. The van der Waals surface area contributed by atoms with E-state index in [9.17, 15) is 23.1 Å². The van der Waals surface area contributed by atoms with E-state index in [1.807, 2.05) is 36.4 Å². The Balaban J connectivity index is 1.33. The second kappa shape index (κ2) is 12.1. The van der Waals surface area contributed by atoms with Crippen LogP contribution in [0.15, 0.2) is 58.8 Å². The molecule has 1 aliphatic carbocycles. The summed E-state index contributed by atoms with van der Waals surface area (Å²) >= 11 is 6.91. The Morgan fingerprint density at radius 1 is 1.07 bits per heavy atom. The van der Waals surface area contributed by atoms with Crippen molar-refractivity contribution in [3.8, 4) is 5.75 Å². The molecule has 1 fully saturated rings. The van der Waals surface area contributed by atoms with Crippen LogP contribution in [0, 0.1) is 11.8 Å². The van der Waals surface area contributed by atoms with Crippen LogP contribution in [-0.2, 0) is 32.7 Å². The molecule has 13 heteroatoms. The molecule has 3 N–H and O–H groups in total. The predicted molar refractivity (Wildman–Crippen MR) is 157 cm³/mol. The topological polar surface area (TPSA) is 140 Å². The molecule has 0 aliphatic heterocycles. The molecule has 216 valence electrons. The number of sulfonamides is 1. The summed E-state index contributed by atoms with van der Waals surface area (Å²) in [5, 5.41) is 17.3. The van der Waals surface area contributed by atoms with Gasteiger partial charge in [-0.15, -0.1) is 11.3 Å². The molecule has 0 atom stereocenters. The number of thiophene rings is 1. The van der Waals surface area contributed by atoms with Crippen molar-refractivity contribution >= 4 is 61.6 Å². The molecule has 0 bridgehead atoms. The Kier molecular flexibility index (Phi) is 8.52. The lowest BCUT2D eigenvalue weighted by atomic mass is 9.81. The molecule has 1 aliphatic rings. The molecule has 1 saturated carbocycles. The largest absolute Gasteiger partial charge is 0.496 e. The monoisotopic (exact) mass is 616 g/mol. The third-order valence-corrected chi connectivity index (χ3v) is 10.3. The first-order valence-corrected chi connectivity index (χ1v) is 15.7. The van der Waals surface area contributed by atoms with Gasteiger partial charge in [-0.2, -0.15) is 5.10 Å². The number of carbonyl (C=O) groups excluding carboxylic acids is 1. The number of carboxylic acids is 1. The Morgan fingerprint density at radius 2 is 1.78 bits per heavy atom. The normalized spacial score (nSPS) is 17.3. The number of hydrogen-bond donors (Lipinski definition) is 3. The highest BCUT2D eigenvalue weighted by Gasteiger charge is 2.29. The summed E-state index contributed by atoms with van der Waals surface area (Å²) in [6.45, 7) is 0.685. The van der Waals surface area contributed by atoms with Crippen molar-refractivity contribution in [2.75, 3.05) is 11.8 Å². The van der Waals surface area contributed by atoms with E-state index < -0.39 is 16.0 Å². The van der Waals surface area contributed by atoms with E-state index >= 15 is 0 Å². The van der Waals surface area contributed by atoms with Crippen molar-refractivity contribution in [3.63, 3.8) is 0 Å². The summed E-state index contributed by atoms with van der Waals surface area (Å²) in [4.78, 5) is 23.9. The summed E-state index contributed by atoms with van der Waals surface area (Å²) in [5.74, 6) is -0.771. The highest BCUT2D eigenvalue weighted by atomic mass is 35.5. The molecule has 2 aromatic heterocycles. The molecule has 41 heavy (non-hydrogen) atoms. The summed E-state index contributed by atoms with van der Waals surface area (Å²) in [6.07, 6.45) is 2.18. The van der Waals surface area contributed by atoms with Crippen LogP contribution in [0.2, 0.25) is 4.34 Å². The Bertz CT molecular complexity index is 1690. The summed E-state index contributed by atoms with van der Waals surface area (Å²) in [5.41, 5.74) is 2.49. The van der Waals surface area contributed by atoms with Crippen molar-refractivity contribution < 1.29 is 27.9 Å². The predicted octanol–water partition coefficient (Wildman–Crippen LogP) is 5.12. The van der Waals surface area contributed by atoms with Crippen LogP contribution in [-0.4, -0.2) is 42.3 Å². The Hall–Kier alpha value is -3.61. The number of carbonyl (C=O) groups is 2. The molecule has 1 amide bonds. The number of rotatable bonds is 10. The van der Waals surface area contributed by atoms with Crippen molar-refractivity contribution in [1.82, 2.24) is 15.1 Å². The minimum absolute atomic E-state index is 0.0617. The quantitative estimate of drug-likeness (QED) is 0.225. The van der Waals surface area contributed by atoms with Gasteiger partial charge in [-0.1, -0.05) is 41.9 Å². The highest BCUT2D eigenvalue weighted by Crippen LogP contribution is 2.35. The lowest BCUT2D eigenvalue weighted by Crippen LogP contribution is -2.34. The van der Waals surface area contributed by atoms with Gasteiger partial charge in [-0.05, 0) is 61.1 Å². The van der Waals surface area contributed by atoms with Gasteiger partial charge in [0.1, 0.15) is 9.96 Å². The number of nitrogens with zero attached hydrogens (tertiary/aromatic N) is 2. The van der Waals surface area contributed by atoms with Crippen molar-refractivity contribution in [2.45, 2.75) is 43.0 Å². The molecule has 0 radical (unpaired) electrons. The number of fused-ring (bicyclic) bond motifs is 1. The number of halogens is 1. The van der Waals surface area contributed by atoms with E-state index in [1.165, 1.54) is 19.2 Å². The molecule has 2 aromatic carbocycles. The number of carboxylic acid groups (broad SMARTS) is 1. The van der Waals surface area contributed by atoms with Gasteiger partial charge in [-0.25, -0.2) is 8.42 Å². The summed E-state index contributed by atoms with van der Waals surface area (Å²) < 4.78 is 36.3. The third-order valence-electron chi connectivity index (χ3n) is 7.24. The average molecular weight is 617 g/mol. The van der Waals surface area contributed by atoms with E-state index in [4.69, 9.17) is 16.3 Å². The van der Waals surface area contributed by atoms with Crippen LogP contribution in [0.5, 0.6) is 5.75 Å². The molecule has 5 rings (SSSR count). The number of aromatic nitrogens is 2. The van der Waals surface area contributed by atoms with Gasteiger partial charge in [0, 0.05) is 12.5 Å². The summed E-state index contributed by atoms with van der Waals surface area (Å²) in [7, 11) is -2.41. The SMILES string of the molecule is COc1cccc2c1c(NS(=O)(=O)c1ccc(Cl)s1)nn2Cc1cccc(CNC(=O)[C@H]2CC[C@H](C(=O)O)CC2)c1. The van der Waals surface area contributed by atoms with Gasteiger partial charge in [0.15, 0.2) is 5.82 Å². The first kappa shape index (κ1) is 28.9. The van der Waals surface area contributed by atoms with Gasteiger partial charge in [0.2, 0.25) is 5.91 Å². The van der Waals surface area contributed by atoms with Crippen LogP contribution < -0.4 is 14.8 Å². The lowest BCUT2D eigenvalue weighted by molar-refractivity contribution is -0.144. The number of aliphatic carboxylic acids is 1. The number of benzene rings is 2. The lowest BCUT2D eigenvalue weighted by Gasteiger charge is -2.25. The summed E-state index contributed by atoms with van der Waals surface area (Å²) in [6, 6.07) is 16.1. The minimum Gasteiger partial charge on any atom is -0.496 e. The maximum absolute atomic E-state index is 13.0. The molecule has 0 unspecified atom stereocenters. The van der Waals surface area contributed by atoms with Gasteiger partial charge < -0.3 is 15.2 Å². The maximum atomic E-state index is 13.0. The molecule has 2 heterocycles. The maximum Gasteiger partial charge on any atom is 0.306 e.